The van der Waals surface area contributed by atoms with Crippen molar-refractivity contribution in [2.24, 2.45) is 5.92 Å². The maximum Gasteiger partial charge on any atom is 0.261 e. The second kappa shape index (κ2) is 10.9. The largest absolute Gasteiger partial charge is 0.393 e. The van der Waals surface area contributed by atoms with E-state index in [-0.39, 0.29) is 6.61 Å². The van der Waals surface area contributed by atoms with Crippen LogP contribution in [0.1, 0.15) is 52.4 Å². The zero-order chi connectivity index (χ0) is 13.1. The Kier molecular flexibility index (Phi) is 10.8. The van der Waals surface area contributed by atoms with Gasteiger partial charge in [-0.3, -0.25) is 0 Å². The van der Waals surface area contributed by atoms with Crippen LogP contribution in [-0.2, 0) is 4.74 Å². The third-order valence-electron chi connectivity index (χ3n) is 2.99. The lowest BCUT2D eigenvalue weighted by Gasteiger charge is -2.18. The third kappa shape index (κ3) is 10.6. The lowest BCUT2D eigenvalue weighted by atomic mass is 9.92. The number of hydrogen-bond acceptors (Lipinski definition) is 2. The van der Waals surface area contributed by atoms with Gasteiger partial charge in [0.2, 0.25) is 0 Å². The van der Waals surface area contributed by atoms with Gasteiger partial charge in [0.25, 0.3) is 6.43 Å². The molecule has 0 radical (unpaired) electrons. The van der Waals surface area contributed by atoms with E-state index in [4.69, 9.17) is 4.74 Å². The summed E-state index contributed by atoms with van der Waals surface area (Å²) >= 11 is 0. The van der Waals surface area contributed by atoms with Crippen LogP contribution in [-0.4, -0.2) is 30.8 Å². The zero-order valence-electron chi connectivity index (χ0n) is 11.0. The number of aliphatic hydroxyl groups excluding tert-OH is 1. The van der Waals surface area contributed by atoms with Crippen LogP contribution in [0.5, 0.6) is 0 Å². The molecular weight excluding hydrogens is 226 g/mol. The Morgan fingerprint density at radius 2 is 1.88 bits per heavy atom. The summed E-state index contributed by atoms with van der Waals surface area (Å²) in [6, 6.07) is 0. The summed E-state index contributed by atoms with van der Waals surface area (Å²) in [5.74, 6) is 0.542. The predicted octanol–water partition coefficient (Wildman–Crippen LogP) is 3.63. The van der Waals surface area contributed by atoms with Crippen LogP contribution in [0.2, 0.25) is 0 Å². The van der Waals surface area contributed by atoms with Crippen molar-refractivity contribution in [2.45, 2.75) is 64.9 Å². The molecule has 0 aromatic carbocycles. The van der Waals surface area contributed by atoms with E-state index in [9.17, 15) is 13.9 Å². The van der Waals surface area contributed by atoms with E-state index in [0.29, 0.717) is 12.3 Å². The Hall–Kier alpha value is -0.220. The molecule has 4 heteroatoms. The maximum absolute atomic E-state index is 11.8. The van der Waals surface area contributed by atoms with Gasteiger partial charge in [-0.2, -0.15) is 0 Å². The summed E-state index contributed by atoms with van der Waals surface area (Å²) in [6.45, 7) is 3.97. The van der Waals surface area contributed by atoms with Crippen LogP contribution in [0.25, 0.3) is 0 Å². The molecule has 0 fully saturated rings. The quantitative estimate of drug-likeness (QED) is 0.569. The van der Waals surface area contributed by atoms with Gasteiger partial charge in [-0.1, -0.05) is 39.5 Å². The first kappa shape index (κ1) is 16.8. The van der Waals surface area contributed by atoms with Crippen molar-refractivity contribution in [1.29, 1.82) is 0 Å². The molecule has 0 saturated carbocycles. The maximum atomic E-state index is 11.8. The fourth-order valence-electron chi connectivity index (χ4n) is 1.88. The average Bonchev–Trinajstić information content (AvgIpc) is 2.29. The third-order valence-corrected chi connectivity index (χ3v) is 2.99. The molecule has 104 valence electrons. The summed E-state index contributed by atoms with van der Waals surface area (Å²) in [7, 11) is 0. The second-order valence-electron chi connectivity index (χ2n) is 4.56. The molecule has 0 aliphatic heterocycles. The summed E-state index contributed by atoms with van der Waals surface area (Å²) in [5.41, 5.74) is 0. The smallest absolute Gasteiger partial charge is 0.261 e. The molecule has 1 N–H and O–H groups in total. The van der Waals surface area contributed by atoms with Crippen molar-refractivity contribution in [3.63, 3.8) is 0 Å². The first-order valence-electron chi connectivity index (χ1n) is 6.64. The van der Waals surface area contributed by atoms with Crippen LogP contribution in [0.4, 0.5) is 8.78 Å². The average molecular weight is 252 g/mol. The highest BCUT2D eigenvalue weighted by Gasteiger charge is 2.13. The van der Waals surface area contributed by atoms with Crippen molar-refractivity contribution in [3.8, 4) is 0 Å². The second-order valence-corrected chi connectivity index (χ2v) is 4.56. The number of hydrogen-bond donors (Lipinski definition) is 1. The van der Waals surface area contributed by atoms with Crippen LogP contribution in [0.3, 0.4) is 0 Å². The van der Waals surface area contributed by atoms with Crippen LogP contribution in [0, 0.1) is 5.92 Å². The van der Waals surface area contributed by atoms with Gasteiger partial charge in [-0.25, -0.2) is 8.78 Å². The number of halogens is 2. The number of unbranched alkanes of at least 4 members (excludes halogenated alkanes) is 1. The van der Waals surface area contributed by atoms with Crippen molar-refractivity contribution in [3.05, 3.63) is 0 Å². The molecule has 2 nitrogen and oxygen atoms in total. The zero-order valence-corrected chi connectivity index (χ0v) is 11.0. The lowest BCUT2D eigenvalue weighted by Crippen LogP contribution is -2.17. The van der Waals surface area contributed by atoms with Gasteiger partial charge in [-0.15, -0.1) is 0 Å². The molecule has 0 bridgehead atoms. The standard InChI is InChI=1S/C13H26F2O2/c1-3-5-6-11(4-2)9-12(16)7-8-17-10-13(14)15/h11-13,16H,3-10H2,1-2H3. The molecule has 2 unspecified atom stereocenters. The topological polar surface area (TPSA) is 29.5 Å². The first-order chi connectivity index (χ1) is 8.10. The first-order valence-corrected chi connectivity index (χ1v) is 6.64. The van der Waals surface area contributed by atoms with Crippen molar-refractivity contribution < 1.29 is 18.6 Å². The van der Waals surface area contributed by atoms with E-state index in [1.54, 1.807) is 0 Å². The fourth-order valence-corrected chi connectivity index (χ4v) is 1.88. The molecule has 0 amide bonds. The van der Waals surface area contributed by atoms with Gasteiger partial charge in [0.05, 0.1) is 6.10 Å². The molecule has 0 saturated heterocycles. The highest BCUT2D eigenvalue weighted by atomic mass is 19.3. The van der Waals surface area contributed by atoms with Crippen LogP contribution < -0.4 is 0 Å². The Morgan fingerprint density at radius 1 is 1.18 bits per heavy atom. The minimum Gasteiger partial charge on any atom is -0.393 e. The molecule has 0 aliphatic rings. The van der Waals surface area contributed by atoms with Gasteiger partial charge < -0.3 is 9.84 Å². The van der Waals surface area contributed by atoms with Gasteiger partial charge in [-0.05, 0) is 18.8 Å². The molecule has 0 heterocycles. The fraction of sp³-hybridized carbons (Fsp3) is 1.00. The van der Waals surface area contributed by atoms with Gasteiger partial charge in [0.15, 0.2) is 0 Å². The number of rotatable bonds is 11. The molecule has 0 aromatic heterocycles. The highest BCUT2D eigenvalue weighted by molar-refractivity contribution is 4.64. The minimum absolute atomic E-state index is 0.218. The summed E-state index contributed by atoms with van der Waals surface area (Å²) in [4.78, 5) is 0. The number of ether oxygens (including phenoxy) is 1. The molecule has 0 aromatic rings. The molecule has 2 atom stereocenters. The summed E-state index contributed by atoms with van der Waals surface area (Å²) in [5, 5.41) is 9.75. The Bertz CT molecular complexity index is 165. The number of alkyl halides is 2. The van der Waals surface area contributed by atoms with Gasteiger partial charge in [0.1, 0.15) is 6.61 Å². The van der Waals surface area contributed by atoms with E-state index in [2.05, 4.69) is 13.8 Å². The van der Waals surface area contributed by atoms with Crippen molar-refractivity contribution >= 4 is 0 Å². The molecular formula is C13H26F2O2. The van der Waals surface area contributed by atoms with E-state index in [0.717, 1.165) is 19.3 Å². The molecule has 17 heavy (non-hydrogen) atoms. The molecule has 0 spiro atoms. The van der Waals surface area contributed by atoms with E-state index >= 15 is 0 Å². The van der Waals surface area contributed by atoms with Crippen molar-refractivity contribution in [2.75, 3.05) is 13.2 Å². The van der Waals surface area contributed by atoms with E-state index in [1.807, 2.05) is 0 Å². The molecule has 0 aliphatic carbocycles. The van der Waals surface area contributed by atoms with Gasteiger partial charge in [0, 0.05) is 6.61 Å². The minimum atomic E-state index is -2.42. The SMILES string of the molecule is CCCCC(CC)CC(O)CCOCC(F)F. The normalized spacial score (nSPS) is 15.2. The van der Waals surface area contributed by atoms with Crippen molar-refractivity contribution in [1.82, 2.24) is 0 Å². The Morgan fingerprint density at radius 3 is 2.41 bits per heavy atom. The Labute approximate surface area is 103 Å². The monoisotopic (exact) mass is 252 g/mol. The number of aliphatic hydroxyl groups is 1. The van der Waals surface area contributed by atoms with Gasteiger partial charge >= 0.3 is 0 Å². The molecule has 0 rings (SSSR count). The van der Waals surface area contributed by atoms with E-state index < -0.39 is 19.1 Å². The lowest BCUT2D eigenvalue weighted by molar-refractivity contribution is 0.00224. The Balaban J connectivity index is 3.56. The summed E-state index contributed by atoms with van der Waals surface area (Å²) in [6.07, 6.45) is 2.94. The highest BCUT2D eigenvalue weighted by Crippen LogP contribution is 2.19. The van der Waals surface area contributed by atoms with Crippen LogP contribution >= 0.6 is 0 Å². The predicted molar refractivity (Wildman–Crippen MR) is 65.4 cm³/mol. The summed E-state index contributed by atoms with van der Waals surface area (Å²) < 4.78 is 28.3. The van der Waals surface area contributed by atoms with E-state index in [1.165, 1.54) is 12.8 Å². The van der Waals surface area contributed by atoms with Crippen LogP contribution in [0.15, 0.2) is 0 Å².